The summed E-state index contributed by atoms with van der Waals surface area (Å²) in [6, 6.07) is 7.46. The van der Waals surface area contributed by atoms with E-state index in [4.69, 9.17) is 9.26 Å². The molecule has 0 radical (unpaired) electrons. The van der Waals surface area contributed by atoms with Gasteiger partial charge in [0.2, 0.25) is 17.6 Å². The number of allylic oxidation sites excluding steroid dienone is 3. The average molecular weight is 499 g/mol. The second kappa shape index (κ2) is 12.6. The molecule has 35 heavy (non-hydrogen) atoms. The number of hydrogen-bond acceptors (Lipinski definition) is 8. The number of fused-ring (bicyclic) bond motifs is 1. The molecule has 0 saturated carbocycles. The molecule has 1 aliphatic carbocycles. The maximum atomic E-state index is 12.2. The number of hydrogen-bond donors (Lipinski definition) is 2. The molecule has 10 nitrogen and oxygen atoms in total. The van der Waals surface area contributed by atoms with Crippen LogP contribution >= 0.6 is 12.4 Å². The molecule has 0 fully saturated rings. The number of aromatic nitrogens is 2. The van der Waals surface area contributed by atoms with Crippen molar-refractivity contribution in [2.45, 2.75) is 26.2 Å². The van der Waals surface area contributed by atoms with Gasteiger partial charge >= 0.3 is 0 Å². The van der Waals surface area contributed by atoms with Gasteiger partial charge in [0.15, 0.2) is 5.82 Å². The van der Waals surface area contributed by atoms with Gasteiger partial charge in [0.05, 0.1) is 12.5 Å². The van der Waals surface area contributed by atoms with Crippen LogP contribution in [0.5, 0.6) is 5.75 Å². The highest BCUT2D eigenvalue weighted by molar-refractivity contribution is 5.86. The van der Waals surface area contributed by atoms with E-state index in [1.165, 1.54) is 0 Å². The van der Waals surface area contributed by atoms with Gasteiger partial charge < -0.3 is 19.9 Å². The van der Waals surface area contributed by atoms with Gasteiger partial charge in [0.1, 0.15) is 5.75 Å². The molecular weight excluding hydrogens is 472 g/mol. The molecule has 1 unspecified atom stereocenters. The molecule has 11 heteroatoms. The van der Waals surface area contributed by atoms with E-state index >= 15 is 0 Å². The van der Waals surface area contributed by atoms with Crippen LogP contribution in [-0.4, -0.2) is 41.7 Å². The minimum Gasteiger partial charge on any atom is -0.494 e. The van der Waals surface area contributed by atoms with Crippen molar-refractivity contribution < 1.29 is 18.8 Å². The molecule has 2 aromatic rings. The highest BCUT2D eigenvalue weighted by Crippen LogP contribution is 2.27. The number of amides is 2. The number of aryl methyl sites for hydroxylation is 1. The lowest BCUT2D eigenvalue weighted by molar-refractivity contribution is -0.121. The molecule has 1 aromatic carbocycles. The third-order valence-corrected chi connectivity index (χ3v) is 5.22. The third kappa shape index (κ3) is 6.86. The van der Waals surface area contributed by atoms with E-state index in [1.807, 2.05) is 55.5 Å². The summed E-state index contributed by atoms with van der Waals surface area (Å²) in [5.41, 5.74) is 1.61. The summed E-state index contributed by atoms with van der Waals surface area (Å²) in [6.45, 7) is 3.59. The fraction of sp³-hybridized carbons (Fsp3) is 0.333. The Hall–Kier alpha value is -3.79. The van der Waals surface area contributed by atoms with Crippen molar-refractivity contribution in [2.24, 2.45) is 16.1 Å². The largest absolute Gasteiger partial charge is 0.494 e. The molecule has 2 aliphatic rings. The van der Waals surface area contributed by atoms with Crippen LogP contribution in [0.1, 0.15) is 25.7 Å². The third-order valence-electron chi connectivity index (χ3n) is 5.22. The molecule has 184 valence electrons. The molecular formula is C24H27ClN6O4. The summed E-state index contributed by atoms with van der Waals surface area (Å²) < 4.78 is 10.8. The molecule has 1 aliphatic heterocycles. The number of azo groups is 1. The Labute approximate surface area is 209 Å². The first-order valence-electron chi connectivity index (χ1n) is 11.2. The first-order valence-corrected chi connectivity index (χ1v) is 11.2. The lowest BCUT2D eigenvalue weighted by atomic mass is 9.93. The van der Waals surface area contributed by atoms with Gasteiger partial charge in [-0.15, -0.1) is 22.6 Å². The molecule has 1 atom stereocenters. The van der Waals surface area contributed by atoms with Crippen molar-refractivity contribution in [1.82, 2.24) is 20.8 Å². The van der Waals surface area contributed by atoms with E-state index in [-0.39, 0.29) is 36.6 Å². The SMILES string of the molecule is CCOc1cccc(-c2noc(CCC(=O)NCCCNC3=C4C=CC=CC4C(=O)N=N3)n2)c1.Cl. The molecule has 2 heterocycles. The molecule has 0 spiro atoms. The standard InChI is InChI=1S/C24H26N6O4.ClH/c1-2-33-17-8-5-7-16(15-17)22-27-21(34-30-22)12-11-20(31)25-13-6-14-26-23-18-9-3-4-10-19(18)24(32)29-28-23;/h3-5,7-10,15,19,26H,2,6,11-14H2,1H3,(H,25,31);1H. The van der Waals surface area contributed by atoms with Gasteiger partial charge in [-0.3, -0.25) is 9.59 Å². The number of benzene rings is 1. The summed E-state index contributed by atoms with van der Waals surface area (Å²) in [4.78, 5) is 28.4. The quantitative estimate of drug-likeness (QED) is 0.453. The molecule has 4 rings (SSSR count). The maximum Gasteiger partial charge on any atom is 0.276 e. The second-order valence-electron chi connectivity index (χ2n) is 7.67. The minimum atomic E-state index is -0.372. The van der Waals surface area contributed by atoms with Crippen LogP contribution in [0.2, 0.25) is 0 Å². The topological polar surface area (TPSA) is 131 Å². The van der Waals surface area contributed by atoms with Crippen molar-refractivity contribution in [1.29, 1.82) is 0 Å². The molecule has 2 N–H and O–H groups in total. The second-order valence-corrected chi connectivity index (χ2v) is 7.67. The first kappa shape index (κ1) is 25.8. The average Bonchev–Trinajstić information content (AvgIpc) is 3.34. The normalized spacial score (nSPS) is 16.0. The Bertz CT molecular complexity index is 1170. The number of carbonyl (C=O) groups is 2. The molecule has 0 saturated heterocycles. The summed E-state index contributed by atoms with van der Waals surface area (Å²) >= 11 is 0. The summed E-state index contributed by atoms with van der Waals surface area (Å²) in [5.74, 6) is 1.47. The lowest BCUT2D eigenvalue weighted by Gasteiger charge is -2.20. The number of carbonyl (C=O) groups excluding carboxylic acids is 2. The van der Waals surface area contributed by atoms with Crippen molar-refractivity contribution in [2.75, 3.05) is 19.7 Å². The Balaban J connectivity index is 0.00000342. The van der Waals surface area contributed by atoms with Crippen molar-refractivity contribution >= 4 is 24.2 Å². The number of halogens is 1. The van der Waals surface area contributed by atoms with Crippen LogP contribution in [-0.2, 0) is 16.0 Å². The Morgan fingerprint density at radius 1 is 1.20 bits per heavy atom. The van der Waals surface area contributed by atoms with Gasteiger partial charge in [-0.25, -0.2) is 0 Å². The van der Waals surface area contributed by atoms with Crippen molar-refractivity contribution in [3.63, 3.8) is 0 Å². The van der Waals surface area contributed by atoms with E-state index in [0.717, 1.165) is 16.9 Å². The van der Waals surface area contributed by atoms with E-state index in [1.54, 1.807) is 0 Å². The maximum absolute atomic E-state index is 12.2. The van der Waals surface area contributed by atoms with Gasteiger partial charge in [0.25, 0.3) is 5.91 Å². The molecule has 0 bridgehead atoms. The van der Waals surface area contributed by atoms with Crippen molar-refractivity contribution in [3.05, 3.63) is 65.9 Å². The zero-order valence-corrected chi connectivity index (χ0v) is 20.1. The number of nitrogens with zero attached hydrogens (tertiary/aromatic N) is 4. The number of nitrogens with one attached hydrogen (secondary N) is 2. The van der Waals surface area contributed by atoms with E-state index in [2.05, 4.69) is 31.0 Å². The highest BCUT2D eigenvalue weighted by atomic mass is 35.5. The van der Waals surface area contributed by atoms with Gasteiger partial charge in [-0.05, 0) is 25.5 Å². The van der Waals surface area contributed by atoms with E-state index in [0.29, 0.717) is 50.1 Å². The monoisotopic (exact) mass is 498 g/mol. The van der Waals surface area contributed by atoms with Crippen LogP contribution in [0.3, 0.4) is 0 Å². The smallest absolute Gasteiger partial charge is 0.276 e. The Morgan fingerprint density at radius 3 is 2.94 bits per heavy atom. The summed E-state index contributed by atoms with van der Waals surface area (Å²) in [7, 11) is 0. The van der Waals surface area contributed by atoms with Crippen LogP contribution in [0.4, 0.5) is 0 Å². The van der Waals surface area contributed by atoms with Crippen molar-refractivity contribution in [3.8, 4) is 17.1 Å². The fourth-order valence-corrected chi connectivity index (χ4v) is 3.54. The fourth-order valence-electron chi connectivity index (χ4n) is 3.54. The predicted octanol–water partition coefficient (Wildman–Crippen LogP) is 3.53. The lowest BCUT2D eigenvalue weighted by Crippen LogP contribution is -2.28. The van der Waals surface area contributed by atoms with Gasteiger partial charge in [-0.2, -0.15) is 4.98 Å². The highest BCUT2D eigenvalue weighted by Gasteiger charge is 2.26. The minimum absolute atomic E-state index is 0. The van der Waals surface area contributed by atoms with E-state index in [9.17, 15) is 9.59 Å². The first-order chi connectivity index (χ1) is 16.6. The number of rotatable bonds is 11. The van der Waals surface area contributed by atoms with Crippen LogP contribution in [0.15, 0.2) is 74.7 Å². The van der Waals surface area contributed by atoms with Crippen LogP contribution in [0, 0.1) is 5.92 Å². The predicted molar refractivity (Wildman–Crippen MR) is 131 cm³/mol. The Morgan fingerprint density at radius 2 is 2.09 bits per heavy atom. The Kier molecular flexibility index (Phi) is 9.31. The molecule has 2 amide bonds. The summed E-state index contributed by atoms with van der Waals surface area (Å²) in [5, 5.41) is 17.7. The van der Waals surface area contributed by atoms with Crippen LogP contribution in [0.25, 0.3) is 11.4 Å². The number of ether oxygens (including phenoxy) is 1. The van der Waals surface area contributed by atoms with Crippen LogP contribution < -0.4 is 15.4 Å². The van der Waals surface area contributed by atoms with E-state index < -0.39 is 0 Å². The molecule has 1 aromatic heterocycles. The van der Waals surface area contributed by atoms with Gasteiger partial charge in [-0.1, -0.05) is 41.6 Å². The zero-order valence-electron chi connectivity index (χ0n) is 19.3. The summed E-state index contributed by atoms with van der Waals surface area (Å²) in [6.07, 6.45) is 8.66. The van der Waals surface area contributed by atoms with Gasteiger partial charge in [0, 0.05) is 37.1 Å². The zero-order chi connectivity index (χ0) is 23.8.